The minimum Gasteiger partial charge on any atom is -0.481 e. The fourth-order valence-corrected chi connectivity index (χ4v) is 3.21. The minimum absolute atomic E-state index is 0.0732. The molecular weight excluding hydrogens is 334 g/mol. The minimum atomic E-state index is -0.878. The molecule has 0 spiro atoms. The molecule has 0 bridgehead atoms. The third-order valence-corrected chi connectivity index (χ3v) is 4.69. The van der Waals surface area contributed by atoms with Crippen molar-refractivity contribution in [3.8, 4) is 0 Å². The van der Waals surface area contributed by atoms with Crippen molar-refractivity contribution < 1.29 is 19.5 Å². The van der Waals surface area contributed by atoms with Gasteiger partial charge in [-0.2, -0.15) is 0 Å². The van der Waals surface area contributed by atoms with Crippen molar-refractivity contribution in [1.29, 1.82) is 0 Å². The number of fused-ring (bicyclic) bond motifs is 1. The Morgan fingerprint density at radius 1 is 1.31 bits per heavy atom. The number of pyridine rings is 1. The number of rotatable bonds is 4. The molecule has 2 heterocycles. The van der Waals surface area contributed by atoms with Crippen LogP contribution in [-0.4, -0.2) is 64.4 Å². The van der Waals surface area contributed by atoms with E-state index in [1.54, 1.807) is 37.5 Å². The SMILES string of the molecule is CN(CC(=O)N1CCCC(C(=O)O)C1)C(=O)c1ccc2ncccc2c1. The molecule has 1 atom stereocenters. The molecule has 1 saturated heterocycles. The van der Waals surface area contributed by atoms with E-state index in [0.717, 1.165) is 10.9 Å². The maximum Gasteiger partial charge on any atom is 0.308 e. The van der Waals surface area contributed by atoms with Gasteiger partial charge in [0.15, 0.2) is 0 Å². The van der Waals surface area contributed by atoms with Crippen molar-refractivity contribution in [2.75, 3.05) is 26.7 Å². The first-order chi connectivity index (χ1) is 12.5. The first-order valence-electron chi connectivity index (χ1n) is 8.56. The third-order valence-electron chi connectivity index (χ3n) is 4.69. The van der Waals surface area contributed by atoms with Gasteiger partial charge in [-0.05, 0) is 37.1 Å². The molecule has 0 aliphatic carbocycles. The Morgan fingerprint density at radius 2 is 2.12 bits per heavy atom. The Morgan fingerprint density at radius 3 is 2.88 bits per heavy atom. The largest absolute Gasteiger partial charge is 0.481 e. The van der Waals surface area contributed by atoms with Crippen LogP contribution < -0.4 is 0 Å². The van der Waals surface area contributed by atoms with Gasteiger partial charge < -0.3 is 14.9 Å². The second kappa shape index (κ2) is 7.51. The Kier molecular flexibility index (Phi) is 5.16. The second-order valence-corrected chi connectivity index (χ2v) is 6.59. The summed E-state index contributed by atoms with van der Waals surface area (Å²) in [6.45, 7) is 0.667. The van der Waals surface area contributed by atoms with E-state index in [-0.39, 0.29) is 24.9 Å². The number of likely N-dealkylation sites (tertiary alicyclic amines) is 1. The topological polar surface area (TPSA) is 90.8 Å². The Bertz CT molecular complexity index is 852. The van der Waals surface area contributed by atoms with Crippen LogP contribution in [0.1, 0.15) is 23.2 Å². The highest BCUT2D eigenvalue weighted by Crippen LogP contribution is 2.18. The van der Waals surface area contributed by atoms with Gasteiger partial charge in [-0.1, -0.05) is 6.07 Å². The van der Waals surface area contributed by atoms with Crippen molar-refractivity contribution >= 4 is 28.7 Å². The normalized spacial score (nSPS) is 17.1. The smallest absolute Gasteiger partial charge is 0.308 e. The number of benzene rings is 1. The summed E-state index contributed by atoms with van der Waals surface area (Å²) in [4.78, 5) is 43.3. The van der Waals surface area contributed by atoms with Gasteiger partial charge in [0.05, 0.1) is 18.0 Å². The van der Waals surface area contributed by atoms with Gasteiger partial charge in [0.2, 0.25) is 5.91 Å². The van der Waals surface area contributed by atoms with Gasteiger partial charge in [0.25, 0.3) is 5.91 Å². The van der Waals surface area contributed by atoms with Crippen LogP contribution >= 0.6 is 0 Å². The van der Waals surface area contributed by atoms with Gasteiger partial charge >= 0.3 is 5.97 Å². The summed E-state index contributed by atoms with van der Waals surface area (Å²) >= 11 is 0. The number of carbonyl (C=O) groups is 3. The van der Waals surface area contributed by atoms with Crippen LogP contribution in [0.5, 0.6) is 0 Å². The quantitative estimate of drug-likeness (QED) is 0.900. The fraction of sp³-hybridized carbons (Fsp3) is 0.368. The first kappa shape index (κ1) is 17.8. The maximum absolute atomic E-state index is 12.6. The molecule has 1 N–H and O–H groups in total. The summed E-state index contributed by atoms with van der Waals surface area (Å²) in [7, 11) is 1.58. The molecular formula is C19H21N3O4. The molecule has 136 valence electrons. The van der Waals surface area contributed by atoms with Crippen LogP contribution in [0.15, 0.2) is 36.5 Å². The van der Waals surface area contributed by atoms with Crippen LogP contribution in [0, 0.1) is 5.92 Å². The number of likely N-dealkylation sites (N-methyl/N-ethyl adjacent to an activating group) is 1. The molecule has 0 radical (unpaired) electrons. The van der Waals surface area contributed by atoms with Gasteiger partial charge in [-0.15, -0.1) is 0 Å². The standard InChI is InChI=1S/C19H21N3O4/c1-21(12-17(23)22-9-3-5-15(11-22)19(25)26)18(24)14-6-7-16-13(10-14)4-2-8-20-16/h2,4,6-8,10,15H,3,5,9,11-12H2,1H3,(H,25,26). The number of hydrogen-bond acceptors (Lipinski definition) is 4. The predicted octanol–water partition coefficient (Wildman–Crippen LogP) is 1.63. The lowest BCUT2D eigenvalue weighted by atomic mass is 9.98. The van der Waals surface area contributed by atoms with Crippen molar-refractivity contribution in [2.24, 2.45) is 5.92 Å². The molecule has 7 heteroatoms. The van der Waals surface area contributed by atoms with Crippen LogP contribution in [0.4, 0.5) is 0 Å². The van der Waals surface area contributed by atoms with E-state index in [9.17, 15) is 14.4 Å². The van der Waals surface area contributed by atoms with Gasteiger partial charge in [0, 0.05) is 37.3 Å². The molecule has 7 nitrogen and oxygen atoms in total. The average molecular weight is 355 g/mol. The number of piperidine rings is 1. The van der Waals surface area contributed by atoms with Crippen LogP contribution in [0.2, 0.25) is 0 Å². The van der Waals surface area contributed by atoms with E-state index >= 15 is 0 Å². The highest BCUT2D eigenvalue weighted by atomic mass is 16.4. The lowest BCUT2D eigenvalue weighted by Gasteiger charge is -2.32. The zero-order valence-corrected chi connectivity index (χ0v) is 14.6. The van der Waals surface area contributed by atoms with E-state index in [0.29, 0.717) is 24.9 Å². The molecule has 1 unspecified atom stereocenters. The first-order valence-corrected chi connectivity index (χ1v) is 8.56. The fourth-order valence-electron chi connectivity index (χ4n) is 3.21. The zero-order chi connectivity index (χ0) is 18.7. The predicted molar refractivity (Wildman–Crippen MR) is 95.6 cm³/mol. The second-order valence-electron chi connectivity index (χ2n) is 6.59. The number of carboxylic acids is 1. The van der Waals surface area contributed by atoms with E-state index < -0.39 is 11.9 Å². The highest BCUT2D eigenvalue weighted by molar-refractivity contribution is 5.99. The number of nitrogens with zero attached hydrogens (tertiary/aromatic N) is 3. The molecule has 3 rings (SSSR count). The summed E-state index contributed by atoms with van der Waals surface area (Å²) in [5, 5.41) is 10.00. The lowest BCUT2D eigenvalue weighted by Crippen LogP contribution is -2.46. The third kappa shape index (κ3) is 3.82. The average Bonchev–Trinajstić information content (AvgIpc) is 2.67. The van der Waals surface area contributed by atoms with E-state index in [1.165, 1.54) is 9.80 Å². The van der Waals surface area contributed by atoms with Gasteiger partial charge in [-0.3, -0.25) is 19.4 Å². The molecule has 1 aliphatic rings. The van der Waals surface area contributed by atoms with Gasteiger partial charge in [0.1, 0.15) is 0 Å². The lowest BCUT2D eigenvalue weighted by molar-refractivity contribution is -0.145. The number of aromatic nitrogens is 1. The van der Waals surface area contributed by atoms with Crippen molar-refractivity contribution in [2.45, 2.75) is 12.8 Å². The van der Waals surface area contributed by atoms with E-state index in [2.05, 4.69) is 4.98 Å². The van der Waals surface area contributed by atoms with E-state index in [4.69, 9.17) is 5.11 Å². The van der Waals surface area contributed by atoms with Crippen molar-refractivity contribution in [1.82, 2.24) is 14.8 Å². The Hall–Kier alpha value is -2.96. The van der Waals surface area contributed by atoms with E-state index in [1.807, 2.05) is 6.07 Å². The van der Waals surface area contributed by atoms with Gasteiger partial charge in [-0.25, -0.2) is 0 Å². The number of carbonyl (C=O) groups excluding carboxylic acids is 2. The van der Waals surface area contributed by atoms with Crippen LogP contribution in [0.3, 0.4) is 0 Å². The molecule has 1 aromatic heterocycles. The monoisotopic (exact) mass is 355 g/mol. The van der Waals surface area contributed by atoms with Crippen molar-refractivity contribution in [3.05, 3.63) is 42.1 Å². The summed E-state index contributed by atoms with van der Waals surface area (Å²) in [6, 6.07) is 8.91. The number of hydrogen-bond donors (Lipinski definition) is 1. The molecule has 0 saturated carbocycles. The maximum atomic E-state index is 12.6. The molecule has 1 aliphatic heterocycles. The number of aliphatic carboxylic acids is 1. The number of carboxylic acid groups (broad SMARTS) is 1. The Balaban J connectivity index is 1.66. The molecule has 2 amide bonds. The van der Waals surface area contributed by atoms with Crippen molar-refractivity contribution in [3.63, 3.8) is 0 Å². The van der Waals surface area contributed by atoms with Crippen LogP contribution in [0.25, 0.3) is 10.9 Å². The summed E-state index contributed by atoms with van der Waals surface area (Å²) in [6.07, 6.45) is 2.94. The van der Waals surface area contributed by atoms with Crippen LogP contribution in [-0.2, 0) is 9.59 Å². The summed E-state index contributed by atoms with van der Waals surface area (Å²) < 4.78 is 0. The summed E-state index contributed by atoms with van der Waals surface area (Å²) in [5.74, 6) is -1.89. The molecule has 1 aromatic carbocycles. The highest BCUT2D eigenvalue weighted by Gasteiger charge is 2.29. The molecule has 2 aromatic rings. The Labute approximate surface area is 151 Å². The molecule has 26 heavy (non-hydrogen) atoms. The molecule has 1 fully saturated rings. The number of amides is 2. The summed E-state index contributed by atoms with van der Waals surface area (Å²) in [5.41, 5.74) is 1.29. The zero-order valence-electron chi connectivity index (χ0n) is 14.6.